The Balaban J connectivity index is 1.43. The highest BCUT2D eigenvalue weighted by molar-refractivity contribution is 5.94. The molecule has 3 aromatic rings. The van der Waals surface area contributed by atoms with Gasteiger partial charge in [0.05, 0.1) is 13.7 Å². The van der Waals surface area contributed by atoms with Crippen LogP contribution in [0, 0.1) is 0 Å². The fraction of sp³-hybridized carbons (Fsp3) is 0.414. The molecular weight excluding hydrogens is 454 g/mol. The Hall–Kier alpha value is -3.61. The Bertz CT molecular complexity index is 1170. The molecule has 1 N–H and O–H groups in total. The van der Waals surface area contributed by atoms with Crippen LogP contribution in [0.1, 0.15) is 84.2 Å². The lowest BCUT2D eigenvalue weighted by atomic mass is 9.86. The summed E-state index contributed by atoms with van der Waals surface area (Å²) in [7, 11) is 1.61. The van der Waals surface area contributed by atoms with Crippen LogP contribution in [0.15, 0.2) is 59.1 Å². The Morgan fingerprint density at radius 1 is 1.06 bits per heavy atom. The number of ether oxygens (including phenoxy) is 1. The van der Waals surface area contributed by atoms with E-state index in [0.717, 1.165) is 37.0 Å². The maximum Gasteiger partial charge on any atom is 0.273 e. The van der Waals surface area contributed by atoms with Crippen LogP contribution >= 0.6 is 0 Å². The standard InChI is InChI=1S/C29H35N3O4/c1-29(2,3)22-13-11-21(12-14-22)28(34)32(23-7-5-6-8-23)19-25-17-26(31-36-25)27(33)30-18-20-9-15-24(35-4)16-10-20/h9-17,23H,5-8,18-19H2,1-4H3,(H,30,33). The van der Waals surface area contributed by atoms with Gasteiger partial charge in [0.1, 0.15) is 5.75 Å². The zero-order valence-corrected chi connectivity index (χ0v) is 21.5. The largest absolute Gasteiger partial charge is 0.497 e. The minimum absolute atomic E-state index is 0.0238. The molecule has 0 bridgehead atoms. The number of benzene rings is 2. The highest BCUT2D eigenvalue weighted by atomic mass is 16.5. The van der Waals surface area contributed by atoms with Gasteiger partial charge in [-0.25, -0.2) is 0 Å². The minimum atomic E-state index is -0.322. The lowest BCUT2D eigenvalue weighted by molar-refractivity contribution is 0.0643. The molecule has 36 heavy (non-hydrogen) atoms. The van der Waals surface area contributed by atoms with Crippen molar-refractivity contribution in [2.45, 2.75) is 71.0 Å². The first-order chi connectivity index (χ1) is 17.2. The van der Waals surface area contributed by atoms with Crippen molar-refractivity contribution in [2.24, 2.45) is 0 Å². The number of hydrogen-bond donors (Lipinski definition) is 1. The molecule has 1 aliphatic rings. The fourth-order valence-electron chi connectivity index (χ4n) is 4.54. The van der Waals surface area contributed by atoms with Gasteiger partial charge in [-0.3, -0.25) is 9.59 Å². The van der Waals surface area contributed by atoms with Gasteiger partial charge in [-0.05, 0) is 53.6 Å². The molecule has 0 atom stereocenters. The van der Waals surface area contributed by atoms with Crippen molar-refractivity contribution in [3.8, 4) is 5.75 Å². The zero-order chi connectivity index (χ0) is 25.7. The van der Waals surface area contributed by atoms with Crippen LogP contribution in [0.25, 0.3) is 0 Å². The summed E-state index contributed by atoms with van der Waals surface area (Å²) < 4.78 is 10.6. The predicted octanol–water partition coefficient (Wildman–Crippen LogP) is 5.50. The second-order valence-corrected chi connectivity index (χ2v) is 10.4. The molecule has 0 unspecified atom stereocenters. The maximum atomic E-state index is 13.5. The van der Waals surface area contributed by atoms with E-state index < -0.39 is 0 Å². The second-order valence-electron chi connectivity index (χ2n) is 10.4. The molecule has 0 aliphatic heterocycles. The number of hydrogen-bond acceptors (Lipinski definition) is 5. The summed E-state index contributed by atoms with van der Waals surface area (Å²) in [6, 6.07) is 17.1. The van der Waals surface area contributed by atoms with Gasteiger partial charge in [0.2, 0.25) is 0 Å². The maximum absolute atomic E-state index is 13.5. The number of rotatable bonds is 8. The van der Waals surface area contributed by atoms with Gasteiger partial charge in [0.25, 0.3) is 11.8 Å². The summed E-state index contributed by atoms with van der Waals surface area (Å²) in [5, 5.41) is 6.82. The van der Waals surface area contributed by atoms with Gasteiger partial charge in [0.15, 0.2) is 11.5 Å². The van der Waals surface area contributed by atoms with E-state index in [9.17, 15) is 9.59 Å². The van der Waals surface area contributed by atoms with Crippen molar-refractivity contribution >= 4 is 11.8 Å². The van der Waals surface area contributed by atoms with Crippen LogP contribution in [-0.2, 0) is 18.5 Å². The molecule has 1 heterocycles. The molecule has 2 amide bonds. The van der Waals surface area contributed by atoms with E-state index in [4.69, 9.17) is 9.26 Å². The molecule has 1 aromatic heterocycles. The van der Waals surface area contributed by atoms with Crippen LogP contribution in [0.5, 0.6) is 5.75 Å². The fourth-order valence-corrected chi connectivity index (χ4v) is 4.54. The van der Waals surface area contributed by atoms with Crippen LogP contribution in [0.4, 0.5) is 0 Å². The summed E-state index contributed by atoms with van der Waals surface area (Å²) in [4.78, 5) is 28.0. The summed E-state index contributed by atoms with van der Waals surface area (Å²) in [5.41, 5.74) is 3.02. The van der Waals surface area contributed by atoms with Crippen LogP contribution < -0.4 is 10.1 Å². The third kappa shape index (κ3) is 6.14. The number of aromatic nitrogens is 1. The summed E-state index contributed by atoms with van der Waals surface area (Å²) in [6.07, 6.45) is 4.14. The van der Waals surface area contributed by atoms with Crippen molar-refractivity contribution < 1.29 is 18.8 Å². The number of carbonyl (C=O) groups is 2. The summed E-state index contributed by atoms with van der Waals surface area (Å²) in [5.74, 6) is 0.912. The van der Waals surface area contributed by atoms with Crippen molar-refractivity contribution in [3.05, 3.63) is 82.7 Å². The Labute approximate surface area is 212 Å². The highest BCUT2D eigenvalue weighted by Crippen LogP contribution is 2.28. The van der Waals surface area contributed by atoms with E-state index in [1.807, 2.05) is 53.4 Å². The second kappa shape index (κ2) is 11.0. The Morgan fingerprint density at radius 2 is 1.72 bits per heavy atom. The number of methoxy groups -OCH3 is 1. The minimum Gasteiger partial charge on any atom is -0.497 e. The van der Waals surface area contributed by atoms with Crippen LogP contribution in [-0.4, -0.2) is 35.0 Å². The van der Waals surface area contributed by atoms with Gasteiger partial charge >= 0.3 is 0 Å². The smallest absolute Gasteiger partial charge is 0.273 e. The Kier molecular flexibility index (Phi) is 7.77. The first-order valence-corrected chi connectivity index (χ1v) is 12.5. The number of carbonyl (C=O) groups excluding carboxylic acids is 2. The third-order valence-electron chi connectivity index (χ3n) is 6.75. The highest BCUT2D eigenvalue weighted by Gasteiger charge is 2.29. The lowest BCUT2D eigenvalue weighted by Gasteiger charge is -2.28. The van der Waals surface area contributed by atoms with Gasteiger partial charge < -0.3 is 19.5 Å². The van der Waals surface area contributed by atoms with Crippen molar-refractivity contribution in [1.29, 1.82) is 0 Å². The molecule has 0 spiro atoms. The number of nitrogens with one attached hydrogen (secondary N) is 1. The predicted molar refractivity (Wildman–Crippen MR) is 138 cm³/mol. The number of amides is 2. The van der Waals surface area contributed by atoms with Gasteiger partial charge in [-0.15, -0.1) is 0 Å². The first kappa shape index (κ1) is 25.5. The molecule has 7 nitrogen and oxygen atoms in total. The van der Waals surface area contributed by atoms with Gasteiger partial charge in [-0.2, -0.15) is 0 Å². The SMILES string of the molecule is COc1ccc(CNC(=O)c2cc(CN(C(=O)c3ccc(C(C)(C)C)cc3)C3CCCC3)on2)cc1. The zero-order valence-electron chi connectivity index (χ0n) is 21.5. The van der Waals surface area contributed by atoms with E-state index in [1.165, 1.54) is 5.56 Å². The van der Waals surface area contributed by atoms with E-state index in [-0.39, 0.29) is 35.5 Å². The molecule has 4 rings (SSSR count). The van der Waals surface area contributed by atoms with Gasteiger partial charge in [0, 0.05) is 24.2 Å². The quantitative estimate of drug-likeness (QED) is 0.452. The normalized spacial score (nSPS) is 14.0. The molecular formula is C29H35N3O4. The van der Waals surface area contributed by atoms with Crippen LogP contribution in [0.3, 0.4) is 0 Å². The average molecular weight is 490 g/mol. The first-order valence-electron chi connectivity index (χ1n) is 12.5. The van der Waals surface area contributed by atoms with E-state index in [2.05, 4.69) is 31.2 Å². The molecule has 1 fully saturated rings. The molecule has 190 valence electrons. The van der Waals surface area contributed by atoms with E-state index in [1.54, 1.807) is 13.2 Å². The molecule has 0 radical (unpaired) electrons. The molecule has 1 saturated carbocycles. The third-order valence-corrected chi connectivity index (χ3v) is 6.75. The molecule has 2 aromatic carbocycles. The molecule has 7 heteroatoms. The summed E-state index contributed by atoms with van der Waals surface area (Å²) >= 11 is 0. The molecule has 1 aliphatic carbocycles. The van der Waals surface area contributed by atoms with Crippen molar-refractivity contribution in [1.82, 2.24) is 15.4 Å². The van der Waals surface area contributed by atoms with E-state index >= 15 is 0 Å². The topological polar surface area (TPSA) is 84.7 Å². The van der Waals surface area contributed by atoms with E-state index in [0.29, 0.717) is 17.9 Å². The monoisotopic (exact) mass is 489 g/mol. The van der Waals surface area contributed by atoms with Gasteiger partial charge in [-0.1, -0.05) is 63.0 Å². The summed E-state index contributed by atoms with van der Waals surface area (Å²) in [6.45, 7) is 7.11. The lowest BCUT2D eigenvalue weighted by Crippen LogP contribution is -2.38. The van der Waals surface area contributed by atoms with Crippen molar-refractivity contribution in [2.75, 3.05) is 7.11 Å². The average Bonchev–Trinajstić information content (AvgIpc) is 3.58. The van der Waals surface area contributed by atoms with Crippen molar-refractivity contribution in [3.63, 3.8) is 0 Å². The van der Waals surface area contributed by atoms with Crippen LogP contribution in [0.2, 0.25) is 0 Å². The molecule has 0 saturated heterocycles. The Morgan fingerprint density at radius 3 is 2.33 bits per heavy atom. The number of nitrogens with zero attached hydrogens (tertiary/aromatic N) is 2.